The maximum atomic E-state index is 12.3. The number of nitrogens with one attached hydrogen (secondary N) is 1. The minimum absolute atomic E-state index is 0.217. The number of hydrazone groups is 1. The van der Waals surface area contributed by atoms with Gasteiger partial charge in [-0.25, -0.2) is 4.83 Å². The lowest BCUT2D eigenvalue weighted by molar-refractivity contribution is -0.385. The molecule has 0 aliphatic heterocycles. The number of aryl methyl sites for hydroxylation is 1. The highest BCUT2D eigenvalue weighted by molar-refractivity contribution is 7.89. The van der Waals surface area contributed by atoms with Crippen LogP contribution in [0, 0.1) is 17.0 Å². The summed E-state index contributed by atoms with van der Waals surface area (Å²) in [6.45, 7) is 1.54. The number of nitrogens with zero attached hydrogens (tertiary/aromatic N) is 2. The number of hydrogen-bond donors (Lipinski definition) is 1. The lowest BCUT2D eigenvalue weighted by atomic mass is 10.1. The van der Waals surface area contributed by atoms with Crippen LogP contribution in [0.1, 0.15) is 11.1 Å². The van der Waals surface area contributed by atoms with Crippen molar-refractivity contribution < 1.29 is 13.3 Å². The summed E-state index contributed by atoms with van der Waals surface area (Å²) < 4.78 is 24.5. The van der Waals surface area contributed by atoms with E-state index in [0.29, 0.717) is 5.56 Å². The molecule has 0 aliphatic rings. The molecule has 3 rings (SSSR count). The Labute approximate surface area is 150 Å². The topological polar surface area (TPSA) is 102 Å². The number of benzene rings is 3. The van der Waals surface area contributed by atoms with Crippen molar-refractivity contribution in [1.82, 2.24) is 4.83 Å². The van der Waals surface area contributed by atoms with Crippen molar-refractivity contribution in [2.75, 3.05) is 0 Å². The molecule has 132 valence electrons. The van der Waals surface area contributed by atoms with Gasteiger partial charge in [-0.15, -0.1) is 0 Å². The molecule has 0 heterocycles. The molecule has 0 radical (unpaired) electrons. The third kappa shape index (κ3) is 3.70. The number of hydrogen-bond acceptors (Lipinski definition) is 5. The van der Waals surface area contributed by atoms with Crippen LogP contribution in [-0.4, -0.2) is 19.6 Å². The van der Waals surface area contributed by atoms with Crippen LogP contribution in [0.2, 0.25) is 0 Å². The van der Waals surface area contributed by atoms with Crippen LogP contribution in [0.4, 0.5) is 5.69 Å². The predicted molar refractivity (Wildman–Crippen MR) is 99.7 cm³/mol. The van der Waals surface area contributed by atoms with Gasteiger partial charge in [0.2, 0.25) is 0 Å². The van der Waals surface area contributed by atoms with Gasteiger partial charge in [-0.3, -0.25) is 10.1 Å². The first-order chi connectivity index (χ1) is 12.4. The second kappa shape index (κ2) is 6.93. The summed E-state index contributed by atoms with van der Waals surface area (Å²) in [5.41, 5.74) is 0.848. The van der Waals surface area contributed by atoms with Crippen molar-refractivity contribution in [1.29, 1.82) is 0 Å². The van der Waals surface area contributed by atoms with Crippen LogP contribution < -0.4 is 4.83 Å². The maximum Gasteiger partial charge on any atom is 0.276 e. The van der Waals surface area contributed by atoms with E-state index in [9.17, 15) is 18.5 Å². The number of nitro benzene ring substituents is 1. The molecule has 0 saturated heterocycles. The molecule has 0 bridgehead atoms. The Morgan fingerprint density at radius 3 is 2.50 bits per heavy atom. The fourth-order valence-corrected chi connectivity index (χ4v) is 3.27. The first-order valence-corrected chi connectivity index (χ1v) is 9.14. The Morgan fingerprint density at radius 2 is 1.77 bits per heavy atom. The molecule has 0 spiro atoms. The van der Waals surface area contributed by atoms with Crippen molar-refractivity contribution in [3.05, 3.63) is 81.9 Å². The Hall–Kier alpha value is -3.26. The largest absolute Gasteiger partial charge is 0.276 e. The summed E-state index contributed by atoms with van der Waals surface area (Å²) in [5.74, 6) is 0. The molecular formula is C18H15N3O4S. The molecule has 3 aromatic rings. The SMILES string of the molecule is Cc1ccc(S(=O)(=O)N/N=C\c2ccc3ccccc3c2)cc1[N+](=O)[O-]. The van der Waals surface area contributed by atoms with Gasteiger partial charge in [0.25, 0.3) is 15.7 Å². The maximum absolute atomic E-state index is 12.3. The van der Waals surface area contributed by atoms with Gasteiger partial charge in [0.05, 0.1) is 16.0 Å². The van der Waals surface area contributed by atoms with E-state index < -0.39 is 14.9 Å². The number of nitro groups is 1. The molecule has 0 fully saturated rings. The van der Waals surface area contributed by atoms with E-state index in [0.717, 1.165) is 22.4 Å². The van der Waals surface area contributed by atoms with Crippen molar-refractivity contribution >= 4 is 32.7 Å². The monoisotopic (exact) mass is 369 g/mol. The zero-order chi connectivity index (χ0) is 18.7. The molecular weight excluding hydrogens is 354 g/mol. The molecule has 8 heteroatoms. The van der Waals surface area contributed by atoms with Gasteiger partial charge >= 0.3 is 0 Å². The summed E-state index contributed by atoms with van der Waals surface area (Å²) >= 11 is 0. The molecule has 1 N–H and O–H groups in total. The lowest BCUT2D eigenvalue weighted by Gasteiger charge is -2.05. The number of rotatable bonds is 5. The standard InChI is InChI=1S/C18H15N3O4S/c1-13-6-9-17(11-18(13)21(22)23)26(24,25)20-19-12-14-7-8-15-4-2-3-5-16(15)10-14/h2-12,20H,1H3/b19-12-. The van der Waals surface area contributed by atoms with Gasteiger partial charge in [-0.1, -0.05) is 42.5 Å². The lowest BCUT2D eigenvalue weighted by Crippen LogP contribution is -2.18. The zero-order valence-electron chi connectivity index (χ0n) is 13.8. The number of fused-ring (bicyclic) bond motifs is 1. The summed E-state index contributed by atoms with van der Waals surface area (Å²) in [6, 6.07) is 17.1. The van der Waals surface area contributed by atoms with Gasteiger partial charge in [0.1, 0.15) is 0 Å². The highest BCUT2D eigenvalue weighted by atomic mass is 32.2. The van der Waals surface area contributed by atoms with E-state index >= 15 is 0 Å². The molecule has 26 heavy (non-hydrogen) atoms. The highest BCUT2D eigenvalue weighted by Crippen LogP contribution is 2.22. The Balaban J connectivity index is 1.82. The van der Waals surface area contributed by atoms with Crippen molar-refractivity contribution in [2.45, 2.75) is 11.8 Å². The van der Waals surface area contributed by atoms with Gasteiger partial charge in [-0.05, 0) is 35.4 Å². The van der Waals surface area contributed by atoms with Gasteiger partial charge in [0, 0.05) is 11.6 Å². The van der Waals surface area contributed by atoms with Crippen molar-refractivity contribution in [2.24, 2.45) is 5.10 Å². The minimum Gasteiger partial charge on any atom is -0.258 e. The predicted octanol–water partition coefficient (Wildman–Crippen LogP) is 3.37. The molecule has 0 aromatic heterocycles. The van der Waals surface area contributed by atoms with E-state index in [1.807, 2.05) is 42.5 Å². The fourth-order valence-electron chi connectivity index (χ4n) is 2.46. The van der Waals surface area contributed by atoms with Crippen LogP contribution in [0.3, 0.4) is 0 Å². The van der Waals surface area contributed by atoms with Crippen LogP contribution in [0.5, 0.6) is 0 Å². The van der Waals surface area contributed by atoms with Gasteiger partial charge < -0.3 is 0 Å². The fraction of sp³-hybridized carbons (Fsp3) is 0.0556. The van der Waals surface area contributed by atoms with Crippen LogP contribution in [0.15, 0.2) is 70.7 Å². The average molecular weight is 369 g/mol. The van der Waals surface area contributed by atoms with E-state index in [1.165, 1.54) is 18.3 Å². The van der Waals surface area contributed by atoms with E-state index in [4.69, 9.17) is 0 Å². The van der Waals surface area contributed by atoms with E-state index in [2.05, 4.69) is 9.93 Å². The van der Waals surface area contributed by atoms with Crippen LogP contribution >= 0.6 is 0 Å². The third-order valence-electron chi connectivity index (χ3n) is 3.85. The molecule has 0 saturated carbocycles. The Kier molecular flexibility index (Phi) is 4.68. The molecule has 0 aliphatic carbocycles. The average Bonchev–Trinajstić information content (AvgIpc) is 2.61. The molecule has 0 atom stereocenters. The summed E-state index contributed by atoms with van der Waals surface area (Å²) in [7, 11) is -4.00. The van der Waals surface area contributed by atoms with E-state index in [-0.39, 0.29) is 10.6 Å². The summed E-state index contributed by atoms with van der Waals surface area (Å²) in [5, 5.41) is 16.8. The smallest absolute Gasteiger partial charge is 0.258 e. The van der Waals surface area contributed by atoms with E-state index in [1.54, 1.807) is 6.92 Å². The molecule has 3 aromatic carbocycles. The normalized spacial score (nSPS) is 11.7. The summed E-state index contributed by atoms with van der Waals surface area (Å²) in [6.07, 6.45) is 1.38. The Morgan fingerprint density at radius 1 is 1.04 bits per heavy atom. The quantitative estimate of drug-likeness (QED) is 0.423. The molecule has 7 nitrogen and oxygen atoms in total. The van der Waals surface area contributed by atoms with Crippen LogP contribution in [0.25, 0.3) is 10.8 Å². The second-order valence-corrected chi connectivity index (χ2v) is 7.33. The Bertz CT molecular complexity index is 1120. The van der Waals surface area contributed by atoms with Crippen molar-refractivity contribution in [3.63, 3.8) is 0 Å². The van der Waals surface area contributed by atoms with Gasteiger partial charge in [-0.2, -0.15) is 13.5 Å². The van der Waals surface area contributed by atoms with Gasteiger partial charge in [0.15, 0.2) is 0 Å². The minimum atomic E-state index is -4.00. The second-order valence-electron chi connectivity index (χ2n) is 5.66. The zero-order valence-corrected chi connectivity index (χ0v) is 14.6. The number of sulfonamides is 1. The summed E-state index contributed by atoms with van der Waals surface area (Å²) in [4.78, 5) is 12.2. The third-order valence-corrected chi connectivity index (χ3v) is 5.07. The van der Waals surface area contributed by atoms with Crippen LogP contribution in [-0.2, 0) is 10.0 Å². The highest BCUT2D eigenvalue weighted by Gasteiger charge is 2.19. The molecule has 0 amide bonds. The van der Waals surface area contributed by atoms with Crippen molar-refractivity contribution in [3.8, 4) is 0 Å². The first kappa shape index (κ1) is 17.6. The molecule has 0 unspecified atom stereocenters. The first-order valence-electron chi connectivity index (χ1n) is 7.65.